The van der Waals surface area contributed by atoms with E-state index in [1.54, 1.807) is 6.20 Å². The van der Waals surface area contributed by atoms with Gasteiger partial charge in [-0.3, -0.25) is 4.98 Å². The quantitative estimate of drug-likeness (QED) is 0.787. The second kappa shape index (κ2) is 6.31. The van der Waals surface area contributed by atoms with Gasteiger partial charge in [-0.05, 0) is 24.5 Å². The standard InChI is InChI=1S/C14H15Cl2N3/c1-3-5-11-12(15)18-14(19-13(11)16)10-6-7-17-8-9(10)4-2/h6-8H,3-5H2,1-2H3. The van der Waals surface area contributed by atoms with E-state index >= 15 is 0 Å². The molecule has 2 heterocycles. The minimum absolute atomic E-state index is 0.440. The number of rotatable bonds is 4. The molecule has 0 spiro atoms. The Labute approximate surface area is 123 Å². The lowest BCUT2D eigenvalue weighted by atomic mass is 10.1. The fourth-order valence-corrected chi connectivity index (χ4v) is 2.51. The van der Waals surface area contributed by atoms with E-state index in [1.165, 1.54) is 0 Å². The Kier molecular flexibility index (Phi) is 4.72. The fraction of sp³-hybridized carbons (Fsp3) is 0.357. The van der Waals surface area contributed by atoms with Crippen molar-refractivity contribution >= 4 is 23.2 Å². The molecule has 2 aromatic heterocycles. The molecule has 0 aliphatic carbocycles. The average molecular weight is 296 g/mol. The highest BCUT2D eigenvalue weighted by molar-refractivity contribution is 6.34. The number of aryl methyl sites for hydroxylation is 1. The molecule has 0 fully saturated rings. The number of nitrogens with zero attached hydrogens (tertiary/aromatic N) is 3. The minimum Gasteiger partial charge on any atom is -0.264 e. The van der Waals surface area contributed by atoms with Crippen LogP contribution in [0.4, 0.5) is 0 Å². The van der Waals surface area contributed by atoms with E-state index in [-0.39, 0.29) is 0 Å². The van der Waals surface area contributed by atoms with Crippen LogP contribution in [0.1, 0.15) is 31.4 Å². The van der Waals surface area contributed by atoms with Crippen LogP contribution in [-0.2, 0) is 12.8 Å². The Hall–Kier alpha value is -1.19. The summed E-state index contributed by atoms with van der Waals surface area (Å²) in [6, 6.07) is 1.89. The molecule has 100 valence electrons. The van der Waals surface area contributed by atoms with Crippen LogP contribution < -0.4 is 0 Å². The second-order valence-electron chi connectivity index (χ2n) is 4.24. The van der Waals surface area contributed by atoms with Gasteiger partial charge >= 0.3 is 0 Å². The normalized spacial score (nSPS) is 10.7. The minimum atomic E-state index is 0.440. The van der Waals surface area contributed by atoms with E-state index in [2.05, 4.69) is 28.8 Å². The number of hydrogen-bond acceptors (Lipinski definition) is 3. The van der Waals surface area contributed by atoms with Gasteiger partial charge in [0.15, 0.2) is 5.82 Å². The Morgan fingerprint density at radius 2 is 1.79 bits per heavy atom. The summed E-state index contributed by atoms with van der Waals surface area (Å²) in [6.07, 6.45) is 6.14. The van der Waals surface area contributed by atoms with Gasteiger partial charge in [-0.1, -0.05) is 43.5 Å². The van der Waals surface area contributed by atoms with Crippen molar-refractivity contribution in [3.63, 3.8) is 0 Å². The zero-order chi connectivity index (χ0) is 13.8. The smallest absolute Gasteiger partial charge is 0.162 e. The van der Waals surface area contributed by atoms with Crippen LogP contribution in [0.5, 0.6) is 0 Å². The topological polar surface area (TPSA) is 38.7 Å². The van der Waals surface area contributed by atoms with Gasteiger partial charge in [0.05, 0.1) is 0 Å². The molecule has 2 aromatic rings. The molecule has 0 N–H and O–H groups in total. The van der Waals surface area contributed by atoms with Crippen molar-refractivity contribution in [1.82, 2.24) is 15.0 Å². The van der Waals surface area contributed by atoms with Crippen molar-refractivity contribution in [1.29, 1.82) is 0 Å². The van der Waals surface area contributed by atoms with Gasteiger partial charge in [0, 0.05) is 23.5 Å². The second-order valence-corrected chi connectivity index (χ2v) is 4.96. The van der Waals surface area contributed by atoms with Gasteiger partial charge in [0.25, 0.3) is 0 Å². The zero-order valence-electron chi connectivity index (χ0n) is 11.0. The average Bonchev–Trinajstić information content (AvgIpc) is 2.42. The maximum absolute atomic E-state index is 6.21. The summed E-state index contributed by atoms with van der Waals surface area (Å²) < 4.78 is 0. The van der Waals surface area contributed by atoms with Crippen LogP contribution in [0.15, 0.2) is 18.5 Å². The summed E-state index contributed by atoms with van der Waals surface area (Å²) in [4.78, 5) is 12.9. The first kappa shape index (κ1) is 14.2. The predicted molar refractivity (Wildman–Crippen MR) is 78.7 cm³/mol. The molecule has 0 aromatic carbocycles. The number of halogens is 2. The van der Waals surface area contributed by atoms with E-state index in [0.717, 1.165) is 36.0 Å². The van der Waals surface area contributed by atoms with Crippen molar-refractivity contribution in [3.8, 4) is 11.4 Å². The molecule has 19 heavy (non-hydrogen) atoms. The summed E-state index contributed by atoms with van der Waals surface area (Å²) in [5.74, 6) is 0.564. The van der Waals surface area contributed by atoms with Crippen molar-refractivity contribution in [3.05, 3.63) is 39.9 Å². The molecule has 0 radical (unpaired) electrons. The first-order chi connectivity index (χ1) is 9.17. The molecule has 0 saturated heterocycles. The van der Waals surface area contributed by atoms with E-state index in [9.17, 15) is 0 Å². The zero-order valence-corrected chi connectivity index (χ0v) is 12.5. The summed E-state index contributed by atoms with van der Waals surface area (Å²) in [5.41, 5.74) is 2.84. The van der Waals surface area contributed by atoms with Crippen molar-refractivity contribution < 1.29 is 0 Å². The maximum atomic E-state index is 6.21. The van der Waals surface area contributed by atoms with Crippen LogP contribution in [0.25, 0.3) is 11.4 Å². The first-order valence-electron chi connectivity index (χ1n) is 6.32. The highest BCUT2D eigenvalue weighted by atomic mass is 35.5. The SMILES string of the molecule is CCCc1c(Cl)nc(-c2ccncc2CC)nc1Cl. The van der Waals surface area contributed by atoms with Crippen LogP contribution in [0, 0.1) is 0 Å². The molecule has 0 aliphatic heterocycles. The molecule has 0 atom stereocenters. The third kappa shape index (κ3) is 3.04. The molecule has 0 saturated carbocycles. The summed E-state index contributed by atoms with van der Waals surface area (Å²) in [6.45, 7) is 4.13. The van der Waals surface area contributed by atoms with E-state index in [1.807, 2.05) is 12.3 Å². The maximum Gasteiger partial charge on any atom is 0.162 e. The van der Waals surface area contributed by atoms with Crippen LogP contribution in [0.3, 0.4) is 0 Å². The van der Waals surface area contributed by atoms with Gasteiger partial charge < -0.3 is 0 Å². The Bertz CT molecular complexity index is 562. The predicted octanol–water partition coefficient (Wildman–Crippen LogP) is 4.36. The van der Waals surface area contributed by atoms with Crippen molar-refractivity contribution in [2.75, 3.05) is 0 Å². The van der Waals surface area contributed by atoms with Crippen molar-refractivity contribution in [2.45, 2.75) is 33.1 Å². The van der Waals surface area contributed by atoms with Gasteiger partial charge in [0.2, 0.25) is 0 Å². The van der Waals surface area contributed by atoms with Gasteiger partial charge in [-0.25, -0.2) is 9.97 Å². The van der Waals surface area contributed by atoms with Gasteiger partial charge in [-0.2, -0.15) is 0 Å². The summed E-state index contributed by atoms with van der Waals surface area (Å²) in [7, 11) is 0. The third-order valence-electron chi connectivity index (χ3n) is 2.93. The lowest BCUT2D eigenvalue weighted by Gasteiger charge is -2.09. The Morgan fingerprint density at radius 1 is 1.11 bits per heavy atom. The van der Waals surface area contributed by atoms with Gasteiger partial charge in [0.1, 0.15) is 10.3 Å². The highest BCUT2D eigenvalue weighted by Crippen LogP contribution is 2.28. The fourth-order valence-electron chi connectivity index (χ4n) is 1.93. The number of hydrogen-bond donors (Lipinski definition) is 0. The summed E-state index contributed by atoms with van der Waals surface area (Å²) in [5, 5.41) is 0.881. The van der Waals surface area contributed by atoms with Crippen LogP contribution in [0.2, 0.25) is 10.3 Å². The largest absolute Gasteiger partial charge is 0.264 e. The molecule has 5 heteroatoms. The molecule has 0 bridgehead atoms. The molecule has 3 nitrogen and oxygen atoms in total. The first-order valence-corrected chi connectivity index (χ1v) is 7.08. The molecule has 0 aliphatic rings. The van der Waals surface area contributed by atoms with Crippen LogP contribution in [-0.4, -0.2) is 15.0 Å². The lowest BCUT2D eigenvalue weighted by Crippen LogP contribution is -1.99. The molecular formula is C14H15Cl2N3. The molecular weight excluding hydrogens is 281 g/mol. The Morgan fingerprint density at radius 3 is 2.37 bits per heavy atom. The van der Waals surface area contributed by atoms with Crippen LogP contribution >= 0.6 is 23.2 Å². The molecule has 0 amide bonds. The lowest BCUT2D eigenvalue weighted by molar-refractivity contribution is 0.902. The number of aromatic nitrogens is 3. The highest BCUT2D eigenvalue weighted by Gasteiger charge is 2.13. The molecule has 0 unspecified atom stereocenters. The third-order valence-corrected chi connectivity index (χ3v) is 3.56. The monoisotopic (exact) mass is 295 g/mol. The number of pyridine rings is 1. The van der Waals surface area contributed by atoms with Gasteiger partial charge in [-0.15, -0.1) is 0 Å². The van der Waals surface area contributed by atoms with Crippen molar-refractivity contribution in [2.24, 2.45) is 0 Å². The summed E-state index contributed by atoms with van der Waals surface area (Å²) >= 11 is 12.4. The molecule has 2 rings (SSSR count). The van der Waals surface area contributed by atoms with E-state index < -0.39 is 0 Å². The van der Waals surface area contributed by atoms with E-state index in [4.69, 9.17) is 23.2 Å². The Balaban J connectivity index is 2.52. The van der Waals surface area contributed by atoms with E-state index in [0.29, 0.717) is 16.1 Å².